The Balaban J connectivity index is 1.15. The lowest BCUT2D eigenvalue weighted by molar-refractivity contribution is -0.497. The summed E-state index contributed by atoms with van der Waals surface area (Å²) in [7, 11) is 0. The first kappa shape index (κ1) is 39.9. The van der Waals surface area contributed by atoms with Crippen molar-refractivity contribution >= 4 is 52.4 Å². The van der Waals surface area contributed by atoms with Gasteiger partial charge in [-0.25, -0.2) is 18.4 Å². The summed E-state index contributed by atoms with van der Waals surface area (Å²) in [5, 5.41) is 17.8. The number of carbonyl (C=O) groups excluding carboxylic acids is 2. The minimum atomic E-state index is -0.757. The van der Waals surface area contributed by atoms with Gasteiger partial charge in [0.1, 0.15) is 16.6 Å². The molecule has 3 aliphatic rings. The maximum Gasteiger partial charge on any atom is 0.415 e. The molecule has 0 unspecified atom stereocenters. The van der Waals surface area contributed by atoms with Gasteiger partial charge in [-0.3, -0.25) is 15.2 Å². The lowest BCUT2D eigenvalue weighted by atomic mass is 9.81. The number of amides is 2. The molecule has 0 atom stereocenters. The van der Waals surface area contributed by atoms with E-state index >= 15 is 0 Å². The summed E-state index contributed by atoms with van der Waals surface area (Å²) < 4.78 is 39.3. The molecule has 1 heterocycles. The van der Waals surface area contributed by atoms with Crippen LogP contribution in [0, 0.1) is 17.0 Å². The minimum absolute atomic E-state index is 0.00262. The molecule has 10 nitrogen and oxygen atoms in total. The predicted octanol–water partition coefficient (Wildman–Crippen LogP) is 9.69. The Morgan fingerprint density at radius 1 is 0.893 bits per heavy atom. The Morgan fingerprint density at radius 3 is 2.34 bits per heavy atom. The molecule has 0 aromatic heterocycles. The molecule has 56 heavy (non-hydrogen) atoms. The number of aryl methyl sites for hydroxylation is 1. The van der Waals surface area contributed by atoms with Crippen molar-refractivity contribution in [3.8, 4) is 11.5 Å². The van der Waals surface area contributed by atoms with Gasteiger partial charge >= 0.3 is 6.09 Å². The van der Waals surface area contributed by atoms with Gasteiger partial charge in [0, 0.05) is 30.1 Å². The molecule has 0 saturated heterocycles. The smallest absolute Gasteiger partial charge is 0.415 e. The van der Waals surface area contributed by atoms with E-state index in [1.807, 2.05) is 35.2 Å². The molecule has 2 fully saturated rings. The fourth-order valence-electron chi connectivity index (χ4n) is 7.14. The molecule has 2 saturated carbocycles. The molecular weight excluding hydrogens is 791 g/mol. The standard InChI is InChI=1S/C41H38Cl3F2N3O7/c42-32-8-2-6-28(36(32)43)21-48(29-13-14-29)39(50)31-22-47(40(51)56-30-7-1-4-26(20-30)23-55-49(52)53)24-41(17-18-41)35(31)27-11-9-25(10-12-27)5-3-19-54-38-34(46)16-15-33(45)37(38)44/h1-2,4,6-12,15-16,20,29,52-53H,3,5,13-14,17-19,21-24H2. The third kappa shape index (κ3) is 9.13. The summed E-state index contributed by atoms with van der Waals surface area (Å²) in [5.41, 5.74) is 4.03. The molecule has 2 aliphatic carbocycles. The minimum Gasteiger partial charge on any atom is -0.489 e. The van der Waals surface area contributed by atoms with Crippen molar-refractivity contribution in [2.75, 3.05) is 19.7 Å². The van der Waals surface area contributed by atoms with E-state index in [0.29, 0.717) is 40.6 Å². The van der Waals surface area contributed by atoms with Crippen LogP contribution in [-0.2, 0) is 29.2 Å². The second kappa shape index (κ2) is 17.1. The van der Waals surface area contributed by atoms with Crippen molar-refractivity contribution in [2.45, 2.75) is 57.7 Å². The molecule has 294 valence electrons. The largest absolute Gasteiger partial charge is 0.489 e. The predicted molar refractivity (Wildman–Crippen MR) is 204 cm³/mol. The molecule has 15 heteroatoms. The Kier molecular flexibility index (Phi) is 12.2. The molecule has 1 aliphatic heterocycles. The first-order valence-corrected chi connectivity index (χ1v) is 19.3. The zero-order valence-electron chi connectivity index (χ0n) is 30.0. The molecule has 1 spiro atoms. The zero-order valence-corrected chi connectivity index (χ0v) is 32.3. The van der Waals surface area contributed by atoms with Crippen LogP contribution in [0.1, 0.15) is 54.4 Å². The summed E-state index contributed by atoms with van der Waals surface area (Å²) in [6, 6.07) is 21.7. The quantitative estimate of drug-likeness (QED) is 0.0735. The normalized spacial score (nSPS) is 16.0. The maximum absolute atomic E-state index is 14.9. The van der Waals surface area contributed by atoms with E-state index in [1.54, 1.807) is 41.3 Å². The Morgan fingerprint density at radius 2 is 1.62 bits per heavy atom. The molecule has 2 amide bonds. The molecule has 4 aromatic rings. The summed E-state index contributed by atoms with van der Waals surface area (Å²) in [5.74, 6) is -1.77. The van der Waals surface area contributed by atoms with E-state index < -0.39 is 33.6 Å². The molecule has 0 bridgehead atoms. The second-order valence-electron chi connectivity index (χ2n) is 14.2. The van der Waals surface area contributed by atoms with Crippen LogP contribution in [0.4, 0.5) is 13.6 Å². The van der Waals surface area contributed by atoms with Crippen LogP contribution in [0.25, 0.3) is 5.57 Å². The summed E-state index contributed by atoms with van der Waals surface area (Å²) >= 11 is 18.9. The number of carbonyl (C=O) groups is 2. The number of hydrogen-bond donors (Lipinski definition) is 2. The third-order valence-corrected chi connectivity index (χ3v) is 11.4. The lowest BCUT2D eigenvalue weighted by Gasteiger charge is -2.38. The Labute approximate surface area is 337 Å². The van der Waals surface area contributed by atoms with Gasteiger partial charge in [-0.2, -0.15) is 0 Å². The fraction of sp³-hybridized carbons (Fsp3) is 0.317. The van der Waals surface area contributed by atoms with Crippen molar-refractivity contribution in [3.63, 3.8) is 0 Å². The van der Waals surface area contributed by atoms with Gasteiger partial charge in [0.05, 0.1) is 35.2 Å². The van der Waals surface area contributed by atoms with Crippen molar-refractivity contribution in [1.29, 1.82) is 0 Å². The average molecular weight is 829 g/mol. The van der Waals surface area contributed by atoms with Crippen molar-refractivity contribution in [3.05, 3.63) is 133 Å². The van der Waals surface area contributed by atoms with E-state index in [9.17, 15) is 18.4 Å². The van der Waals surface area contributed by atoms with Gasteiger partial charge in [-0.15, -0.1) is 0 Å². The van der Waals surface area contributed by atoms with Crippen LogP contribution in [0.2, 0.25) is 15.1 Å². The first-order chi connectivity index (χ1) is 26.9. The van der Waals surface area contributed by atoms with Crippen LogP contribution in [-0.4, -0.2) is 63.3 Å². The molecular formula is C41H38Cl3F2N3O7. The molecule has 2 N–H and O–H groups in total. The lowest BCUT2D eigenvalue weighted by Crippen LogP contribution is -2.47. The fourth-order valence-corrected chi connectivity index (χ4v) is 7.73. The SMILES string of the molecule is O=C(Oc1cccc(CON(O)O)c1)N1CC(C(=O)N(Cc2cccc(Cl)c2Cl)C2CC2)=C(c2ccc(CCCOc3c(F)ccc(F)c3Cl)cc2)C2(CC2)C1. The van der Waals surface area contributed by atoms with E-state index in [1.165, 1.54) is 0 Å². The van der Waals surface area contributed by atoms with Gasteiger partial charge < -0.3 is 19.3 Å². The highest BCUT2D eigenvalue weighted by atomic mass is 35.5. The molecule has 0 radical (unpaired) electrons. The highest BCUT2D eigenvalue weighted by Gasteiger charge is 2.54. The van der Waals surface area contributed by atoms with Gasteiger partial charge in [0.25, 0.3) is 5.91 Å². The van der Waals surface area contributed by atoms with Crippen LogP contribution < -0.4 is 9.47 Å². The van der Waals surface area contributed by atoms with Gasteiger partial charge in [-0.1, -0.05) is 83.3 Å². The number of rotatable bonds is 14. The number of hydrogen-bond acceptors (Lipinski definition) is 8. The summed E-state index contributed by atoms with van der Waals surface area (Å²) in [6.07, 6.45) is 3.67. The Bertz CT molecular complexity index is 2150. The van der Waals surface area contributed by atoms with E-state index in [4.69, 9.17) is 59.5 Å². The monoisotopic (exact) mass is 827 g/mol. The highest BCUT2D eigenvalue weighted by molar-refractivity contribution is 6.42. The van der Waals surface area contributed by atoms with E-state index in [-0.39, 0.29) is 49.8 Å². The molecule has 4 aromatic carbocycles. The number of halogens is 5. The second-order valence-corrected chi connectivity index (χ2v) is 15.4. The van der Waals surface area contributed by atoms with Gasteiger partial charge in [0.15, 0.2) is 11.6 Å². The number of nitrogens with zero attached hydrogens (tertiary/aromatic N) is 3. The first-order valence-electron chi connectivity index (χ1n) is 18.1. The average Bonchev–Trinajstić information content (AvgIpc) is 4.14. The number of ether oxygens (including phenoxy) is 2. The van der Waals surface area contributed by atoms with Gasteiger partial charge in [0.2, 0.25) is 0 Å². The van der Waals surface area contributed by atoms with Crippen molar-refractivity contribution < 1.29 is 43.1 Å². The topological polar surface area (TPSA) is 112 Å². The van der Waals surface area contributed by atoms with E-state index in [0.717, 1.165) is 60.1 Å². The Hall–Kier alpha value is -4.27. The summed E-state index contributed by atoms with van der Waals surface area (Å²) in [4.78, 5) is 36.8. The highest BCUT2D eigenvalue weighted by Crippen LogP contribution is 2.59. The third-order valence-electron chi connectivity index (χ3n) is 10.2. The van der Waals surface area contributed by atoms with E-state index in [2.05, 4.69) is 0 Å². The molecule has 7 rings (SSSR count). The van der Waals surface area contributed by atoms with Gasteiger partial charge in [-0.05, 0) is 96.7 Å². The van der Waals surface area contributed by atoms with Crippen molar-refractivity contribution in [1.82, 2.24) is 15.2 Å². The summed E-state index contributed by atoms with van der Waals surface area (Å²) in [6.45, 7) is 0.534. The van der Waals surface area contributed by atoms with Crippen molar-refractivity contribution in [2.24, 2.45) is 5.41 Å². The number of benzene rings is 4. The van der Waals surface area contributed by atoms with Crippen LogP contribution in [0.3, 0.4) is 0 Å². The van der Waals surface area contributed by atoms with Crippen LogP contribution >= 0.6 is 34.8 Å². The zero-order chi connectivity index (χ0) is 39.6. The van der Waals surface area contributed by atoms with Crippen LogP contribution in [0.5, 0.6) is 11.5 Å². The maximum atomic E-state index is 14.9. The van der Waals surface area contributed by atoms with Crippen LogP contribution in [0.15, 0.2) is 84.4 Å².